The summed E-state index contributed by atoms with van der Waals surface area (Å²) in [6, 6.07) is 3.12. The van der Waals surface area contributed by atoms with Crippen molar-refractivity contribution in [3.8, 4) is 23.2 Å². The quantitative estimate of drug-likeness (QED) is 0.294. The molecule has 2 amide bonds. The number of imidazole rings is 2. The van der Waals surface area contributed by atoms with Gasteiger partial charge >= 0.3 is 11.7 Å². The summed E-state index contributed by atoms with van der Waals surface area (Å²) in [7, 11) is 3.90. The summed E-state index contributed by atoms with van der Waals surface area (Å²) in [5, 5.41) is 12.2. The molecule has 15 nitrogen and oxygen atoms in total. The lowest BCUT2D eigenvalue weighted by atomic mass is 10.2. The van der Waals surface area contributed by atoms with Gasteiger partial charge in [-0.3, -0.25) is 24.1 Å². The largest absolute Gasteiger partial charge is 0.348 e. The third-order valence-electron chi connectivity index (χ3n) is 6.33. The third-order valence-corrected chi connectivity index (χ3v) is 6.33. The lowest BCUT2D eigenvalue weighted by molar-refractivity contribution is -0.108. The number of hydrogen-bond donors (Lipinski definition) is 3. The van der Waals surface area contributed by atoms with E-state index in [1.54, 1.807) is 6.07 Å². The molecule has 1 unspecified atom stereocenters. The Kier molecular flexibility index (Phi) is 4.80. The van der Waals surface area contributed by atoms with Crippen LogP contribution in [0.4, 0.5) is 15.0 Å². The lowest BCUT2D eigenvalue weighted by Crippen LogP contribution is -2.63. The highest BCUT2D eigenvalue weighted by atomic mass is 19.1. The number of pyridine rings is 1. The van der Waals surface area contributed by atoms with Crippen molar-refractivity contribution < 1.29 is 14.3 Å². The first-order chi connectivity index (χ1) is 18.1. The molecule has 5 aromatic rings. The van der Waals surface area contributed by atoms with Crippen LogP contribution < -0.4 is 16.1 Å². The summed E-state index contributed by atoms with van der Waals surface area (Å²) in [5.41, 5.74) is -2.14. The first kappa shape index (κ1) is 23.2. The number of aromatic amines is 2. The molecular formula is C22H18FN11O4. The molecule has 0 aliphatic carbocycles. The fraction of sp³-hybridized carbons (Fsp3) is 0.182. The highest BCUT2D eigenvalue weighted by Crippen LogP contribution is 2.39. The number of nitrogens with one attached hydrogen (secondary N) is 2. The molecule has 6 rings (SSSR count). The second-order valence-corrected chi connectivity index (χ2v) is 8.52. The van der Waals surface area contributed by atoms with E-state index in [-0.39, 0.29) is 45.8 Å². The van der Waals surface area contributed by atoms with Gasteiger partial charge in [0.1, 0.15) is 17.2 Å². The van der Waals surface area contributed by atoms with E-state index in [0.717, 1.165) is 31.1 Å². The van der Waals surface area contributed by atoms with Crippen LogP contribution in [0, 0.1) is 5.82 Å². The van der Waals surface area contributed by atoms with Gasteiger partial charge in [-0.05, 0) is 12.1 Å². The number of anilines is 1. The third kappa shape index (κ3) is 3.03. The summed E-state index contributed by atoms with van der Waals surface area (Å²) in [6.45, 7) is 0. The maximum atomic E-state index is 13.9. The number of carbonyl (C=O) groups is 1. The van der Waals surface area contributed by atoms with Crippen LogP contribution in [0.25, 0.3) is 34.3 Å². The number of fused-ring (bicyclic) bond motifs is 2. The summed E-state index contributed by atoms with van der Waals surface area (Å²) in [4.78, 5) is 68.5. The Hall–Kier alpha value is -5.25. The molecule has 5 aromatic heterocycles. The van der Waals surface area contributed by atoms with E-state index in [1.165, 1.54) is 39.7 Å². The van der Waals surface area contributed by atoms with Crippen molar-refractivity contribution in [1.29, 1.82) is 0 Å². The van der Waals surface area contributed by atoms with Gasteiger partial charge in [-0.2, -0.15) is 0 Å². The van der Waals surface area contributed by atoms with Crippen LogP contribution >= 0.6 is 0 Å². The number of rotatable bonds is 3. The first-order valence-corrected chi connectivity index (χ1v) is 11.1. The zero-order chi connectivity index (χ0) is 26.9. The van der Waals surface area contributed by atoms with E-state index >= 15 is 0 Å². The van der Waals surface area contributed by atoms with Gasteiger partial charge in [0.2, 0.25) is 0 Å². The first-order valence-electron chi connectivity index (χ1n) is 11.1. The summed E-state index contributed by atoms with van der Waals surface area (Å²) >= 11 is 0. The van der Waals surface area contributed by atoms with E-state index < -0.39 is 28.9 Å². The molecule has 1 aliphatic rings. The molecule has 3 N–H and O–H groups in total. The molecular weight excluding hydrogens is 501 g/mol. The van der Waals surface area contributed by atoms with Gasteiger partial charge in [0.25, 0.3) is 11.4 Å². The Morgan fingerprint density at radius 2 is 1.71 bits per heavy atom. The van der Waals surface area contributed by atoms with Gasteiger partial charge in [0.15, 0.2) is 34.5 Å². The molecule has 0 radical (unpaired) electrons. The average Bonchev–Trinajstić information content (AvgIpc) is 3.57. The number of H-pyrrole nitrogens is 2. The Morgan fingerprint density at radius 1 is 0.974 bits per heavy atom. The number of nitrogens with zero attached hydrogens (tertiary/aromatic N) is 9. The number of aliphatic hydroxyl groups is 1. The fourth-order valence-electron chi connectivity index (χ4n) is 4.35. The van der Waals surface area contributed by atoms with Crippen LogP contribution in [0.15, 0.2) is 46.4 Å². The standard InChI is InChI=1S/C22H18FN11O4/c1-31-18-13(28-14(29-18)11-9-10(23)5-8-24-11)22(38,33(3)20(31)36)34-17-12(19(35)32(2)21(34)37)27-16(30-17)15-25-6-4-7-26-15/h4-9,38H,1-3H3,(H,27,30)(H,28,29). The van der Waals surface area contributed by atoms with E-state index in [9.17, 15) is 23.9 Å². The minimum absolute atomic E-state index is 0.0254. The minimum Gasteiger partial charge on any atom is -0.348 e. The van der Waals surface area contributed by atoms with Gasteiger partial charge in [-0.15, -0.1) is 0 Å². The number of halogens is 1. The van der Waals surface area contributed by atoms with Crippen molar-refractivity contribution >= 4 is 23.0 Å². The Bertz CT molecular complexity index is 1880. The molecule has 0 bridgehead atoms. The van der Waals surface area contributed by atoms with Crippen molar-refractivity contribution in [3.05, 3.63) is 69.1 Å². The van der Waals surface area contributed by atoms with Crippen molar-refractivity contribution in [3.63, 3.8) is 0 Å². The Labute approximate surface area is 210 Å². The van der Waals surface area contributed by atoms with Crippen LogP contribution in [-0.2, 0) is 12.9 Å². The van der Waals surface area contributed by atoms with E-state index in [2.05, 4.69) is 34.9 Å². The van der Waals surface area contributed by atoms with Gasteiger partial charge in [-0.1, -0.05) is 0 Å². The normalized spacial score (nSPS) is 17.3. The monoisotopic (exact) mass is 519 g/mol. The SMILES string of the molecule is CN1C(=O)N(C)C(O)(n2c(=O)n(C)c(=O)c3[nH]c(-c4ncccn4)nc32)c2[nH]c(-c3cc(F)ccn3)nc21. The predicted octanol–water partition coefficient (Wildman–Crippen LogP) is -0.0430. The highest BCUT2D eigenvalue weighted by molar-refractivity contribution is 5.94. The number of aromatic nitrogens is 9. The molecule has 38 heavy (non-hydrogen) atoms. The molecule has 16 heteroatoms. The number of urea groups is 1. The van der Waals surface area contributed by atoms with Crippen molar-refractivity contribution in [2.45, 2.75) is 5.85 Å². The predicted molar refractivity (Wildman–Crippen MR) is 129 cm³/mol. The summed E-state index contributed by atoms with van der Waals surface area (Å²) < 4.78 is 15.5. The van der Waals surface area contributed by atoms with E-state index in [4.69, 9.17) is 0 Å². The van der Waals surface area contributed by atoms with E-state index in [0.29, 0.717) is 0 Å². The Morgan fingerprint density at radius 3 is 2.42 bits per heavy atom. The number of carbonyl (C=O) groups excluding carboxylic acids is 1. The molecule has 192 valence electrons. The molecule has 0 spiro atoms. The highest BCUT2D eigenvalue weighted by Gasteiger charge is 2.52. The molecule has 0 fully saturated rings. The zero-order valence-electron chi connectivity index (χ0n) is 20.0. The average molecular weight is 519 g/mol. The maximum absolute atomic E-state index is 13.9. The fourth-order valence-corrected chi connectivity index (χ4v) is 4.35. The smallest absolute Gasteiger partial charge is 0.336 e. The minimum atomic E-state index is -2.55. The lowest BCUT2D eigenvalue weighted by Gasteiger charge is -2.43. The summed E-state index contributed by atoms with van der Waals surface area (Å²) in [6.07, 6.45) is 4.17. The van der Waals surface area contributed by atoms with Gasteiger partial charge in [-0.25, -0.2) is 38.5 Å². The second kappa shape index (κ2) is 7.87. The van der Waals surface area contributed by atoms with Crippen LogP contribution in [-0.4, -0.2) is 74.2 Å². The van der Waals surface area contributed by atoms with Crippen molar-refractivity contribution in [2.24, 2.45) is 7.05 Å². The van der Waals surface area contributed by atoms with Gasteiger partial charge < -0.3 is 15.1 Å². The molecule has 1 atom stereocenters. The molecule has 0 saturated heterocycles. The second-order valence-electron chi connectivity index (χ2n) is 8.52. The van der Waals surface area contributed by atoms with Crippen molar-refractivity contribution in [1.82, 2.24) is 48.9 Å². The topological polar surface area (TPSA) is 184 Å². The zero-order valence-corrected chi connectivity index (χ0v) is 20.0. The number of amides is 2. The number of hydrogen-bond acceptors (Lipinski definition) is 9. The molecule has 0 aromatic carbocycles. The van der Waals surface area contributed by atoms with Crippen molar-refractivity contribution in [2.75, 3.05) is 19.0 Å². The Balaban J connectivity index is 1.68. The van der Waals surface area contributed by atoms with E-state index in [1.807, 2.05) is 0 Å². The van der Waals surface area contributed by atoms with Crippen LogP contribution in [0.3, 0.4) is 0 Å². The van der Waals surface area contributed by atoms with Crippen LogP contribution in [0.1, 0.15) is 5.69 Å². The van der Waals surface area contributed by atoms with Gasteiger partial charge in [0, 0.05) is 45.8 Å². The maximum Gasteiger partial charge on any atom is 0.336 e. The van der Waals surface area contributed by atoms with Crippen LogP contribution in [0.2, 0.25) is 0 Å². The van der Waals surface area contributed by atoms with Crippen LogP contribution in [0.5, 0.6) is 0 Å². The summed E-state index contributed by atoms with van der Waals surface area (Å²) in [5.74, 6) is -2.97. The van der Waals surface area contributed by atoms with Gasteiger partial charge in [0.05, 0.1) is 0 Å². The molecule has 1 aliphatic heterocycles. The molecule has 6 heterocycles. The molecule has 0 saturated carbocycles.